The van der Waals surface area contributed by atoms with Crippen LogP contribution in [0, 0.1) is 0 Å². The molecule has 1 N–H and O–H groups in total. The van der Waals surface area contributed by atoms with Crippen LogP contribution in [0.1, 0.15) is 35.0 Å². The van der Waals surface area contributed by atoms with Crippen LogP contribution >= 0.6 is 11.3 Å². The standard InChI is InChI=1S/C18H18N2S/c1-14(17-8-5-13-21-17)20-18(15-6-3-2-4-7-15)16-9-11-19-12-10-16/h2-14,18,20H,1H3. The lowest BCUT2D eigenvalue weighted by atomic mass is 9.98. The van der Waals surface area contributed by atoms with Crippen LogP contribution in [-0.4, -0.2) is 4.98 Å². The summed E-state index contributed by atoms with van der Waals surface area (Å²) in [5.41, 5.74) is 2.51. The molecule has 21 heavy (non-hydrogen) atoms. The van der Waals surface area contributed by atoms with Crippen LogP contribution in [-0.2, 0) is 0 Å². The summed E-state index contributed by atoms with van der Waals surface area (Å²) in [5, 5.41) is 5.86. The Morgan fingerprint density at radius 3 is 2.29 bits per heavy atom. The van der Waals surface area contributed by atoms with Gasteiger partial charge in [0, 0.05) is 23.3 Å². The van der Waals surface area contributed by atoms with E-state index in [1.807, 2.05) is 12.4 Å². The van der Waals surface area contributed by atoms with Crippen molar-refractivity contribution in [2.75, 3.05) is 0 Å². The topological polar surface area (TPSA) is 24.9 Å². The van der Waals surface area contributed by atoms with Gasteiger partial charge in [0.25, 0.3) is 0 Å². The molecule has 0 radical (unpaired) electrons. The Bertz CT molecular complexity index is 611. The van der Waals surface area contributed by atoms with Gasteiger partial charge >= 0.3 is 0 Å². The lowest BCUT2D eigenvalue weighted by Crippen LogP contribution is -2.25. The van der Waals surface area contributed by atoms with E-state index in [1.165, 1.54) is 16.0 Å². The molecule has 0 saturated heterocycles. The Hall–Kier alpha value is -1.97. The molecule has 2 aromatic heterocycles. The third kappa shape index (κ3) is 3.38. The van der Waals surface area contributed by atoms with Crippen molar-refractivity contribution >= 4 is 11.3 Å². The first-order valence-corrected chi connectivity index (χ1v) is 7.97. The molecule has 3 rings (SSSR count). The summed E-state index contributed by atoms with van der Waals surface area (Å²) in [6.07, 6.45) is 3.70. The zero-order valence-corrected chi connectivity index (χ0v) is 12.8. The van der Waals surface area contributed by atoms with Gasteiger partial charge in [0.15, 0.2) is 0 Å². The van der Waals surface area contributed by atoms with Crippen molar-refractivity contribution in [1.82, 2.24) is 10.3 Å². The number of hydrogen-bond donors (Lipinski definition) is 1. The number of pyridine rings is 1. The molecule has 0 fully saturated rings. The Labute approximate surface area is 129 Å². The molecule has 0 spiro atoms. The van der Waals surface area contributed by atoms with Crippen LogP contribution in [0.2, 0.25) is 0 Å². The molecular formula is C18H18N2S. The molecule has 0 amide bonds. The van der Waals surface area contributed by atoms with Crippen molar-refractivity contribution in [3.63, 3.8) is 0 Å². The Kier molecular flexibility index (Phi) is 4.43. The number of nitrogens with one attached hydrogen (secondary N) is 1. The summed E-state index contributed by atoms with van der Waals surface area (Å²) >= 11 is 1.79. The summed E-state index contributed by atoms with van der Waals surface area (Å²) in [4.78, 5) is 5.48. The summed E-state index contributed by atoms with van der Waals surface area (Å²) in [6.45, 7) is 2.21. The van der Waals surface area contributed by atoms with E-state index in [4.69, 9.17) is 0 Å². The number of nitrogens with zero attached hydrogens (tertiary/aromatic N) is 1. The number of benzene rings is 1. The second-order valence-electron chi connectivity index (χ2n) is 5.03. The molecule has 106 valence electrons. The van der Waals surface area contributed by atoms with Crippen molar-refractivity contribution in [2.45, 2.75) is 19.0 Å². The van der Waals surface area contributed by atoms with Crippen LogP contribution < -0.4 is 5.32 Å². The molecule has 3 aromatic rings. The smallest absolute Gasteiger partial charge is 0.0582 e. The second kappa shape index (κ2) is 6.66. The normalized spacial score (nSPS) is 13.8. The van der Waals surface area contributed by atoms with Crippen LogP contribution in [0.25, 0.3) is 0 Å². The van der Waals surface area contributed by atoms with Crippen molar-refractivity contribution in [3.05, 3.63) is 88.4 Å². The van der Waals surface area contributed by atoms with Crippen molar-refractivity contribution in [1.29, 1.82) is 0 Å². The molecule has 2 atom stereocenters. The van der Waals surface area contributed by atoms with Crippen LogP contribution in [0.15, 0.2) is 72.4 Å². The Morgan fingerprint density at radius 2 is 1.62 bits per heavy atom. The van der Waals surface area contributed by atoms with Crippen molar-refractivity contribution < 1.29 is 0 Å². The molecule has 0 saturated carbocycles. The predicted molar refractivity (Wildman–Crippen MR) is 88.4 cm³/mol. The first kappa shape index (κ1) is 14.0. The van der Waals surface area contributed by atoms with Gasteiger partial charge in [-0.25, -0.2) is 0 Å². The number of thiophene rings is 1. The molecule has 0 bridgehead atoms. The number of hydrogen-bond acceptors (Lipinski definition) is 3. The summed E-state index contributed by atoms with van der Waals surface area (Å²) in [6, 6.07) is 19.5. The van der Waals surface area contributed by atoms with Gasteiger partial charge in [-0.05, 0) is 41.6 Å². The predicted octanol–water partition coefficient (Wildman–Crippen LogP) is 4.58. The van der Waals surface area contributed by atoms with Crippen LogP contribution in [0.5, 0.6) is 0 Å². The third-order valence-electron chi connectivity index (χ3n) is 3.56. The SMILES string of the molecule is CC(NC(c1ccccc1)c1ccncc1)c1cccs1. The van der Waals surface area contributed by atoms with E-state index in [9.17, 15) is 0 Å². The average Bonchev–Trinajstić information content (AvgIpc) is 3.09. The van der Waals surface area contributed by atoms with Gasteiger partial charge in [-0.2, -0.15) is 0 Å². The van der Waals surface area contributed by atoms with E-state index in [0.717, 1.165) is 0 Å². The monoisotopic (exact) mass is 294 g/mol. The summed E-state index contributed by atoms with van der Waals surface area (Å²) in [5.74, 6) is 0. The van der Waals surface area contributed by atoms with Gasteiger partial charge in [-0.15, -0.1) is 11.3 Å². The average molecular weight is 294 g/mol. The zero-order chi connectivity index (χ0) is 14.5. The molecule has 2 unspecified atom stereocenters. The molecule has 0 aliphatic heterocycles. The first-order valence-electron chi connectivity index (χ1n) is 7.09. The minimum Gasteiger partial charge on any atom is -0.299 e. The fourth-order valence-corrected chi connectivity index (χ4v) is 3.20. The van der Waals surface area contributed by atoms with Gasteiger partial charge in [0.2, 0.25) is 0 Å². The maximum Gasteiger partial charge on any atom is 0.0582 e. The fourth-order valence-electron chi connectivity index (χ4n) is 2.46. The molecule has 0 aliphatic rings. The molecule has 3 heteroatoms. The minimum atomic E-state index is 0.172. The van der Waals surface area contributed by atoms with E-state index >= 15 is 0 Å². The molecular weight excluding hydrogens is 276 g/mol. The minimum absolute atomic E-state index is 0.172. The van der Waals surface area contributed by atoms with E-state index in [-0.39, 0.29) is 6.04 Å². The Morgan fingerprint density at radius 1 is 0.905 bits per heavy atom. The van der Waals surface area contributed by atoms with Gasteiger partial charge in [-0.1, -0.05) is 36.4 Å². The van der Waals surface area contributed by atoms with Crippen molar-refractivity contribution in [3.8, 4) is 0 Å². The molecule has 2 nitrogen and oxygen atoms in total. The zero-order valence-electron chi connectivity index (χ0n) is 11.9. The first-order chi connectivity index (χ1) is 10.3. The summed E-state index contributed by atoms with van der Waals surface area (Å²) < 4.78 is 0. The van der Waals surface area contributed by atoms with E-state index < -0.39 is 0 Å². The molecule has 2 heterocycles. The van der Waals surface area contributed by atoms with Gasteiger partial charge < -0.3 is 0 Å². The van der Waals surface area contributed by atoms with Crippen molar-refractivity contribution in [2.24, 2.45) is 0 Å². The molecule has 1 aromatic carbocycles. The quantitative estimate of drug-likeness (QED) is 0.745. The van der Waals surface area contributed by atoms with Crippen LogP contribution in [0.3, 0.4) is 0 Å². The van der Waals surface area contributed by atoms with Gasteiger partial charge in [0.05, 0.1) is 6.04 Å². The van der Waals surface area contributed by atoms with Gasteiger partial charge in [-0.3, -0.25) is 10.3 Å². The van der Waals surface area contributed by atoms with E-state index in [1.54, 1.807) is 11.3 Å². The lowest BCUT2D eigenvalue weighted by molar-refractivity contribution is 0.522. The lowest BCUT2D eigenvalue weighted by Gasteiger charge is -2.23. The third-order valence-corrected chi connectivity index (χ3v) is 4.61. The highest BCUT2D eigenvalue weighted by Gasteiger charge is 2.17. The van der Waals surface area contributed by atoms with E-state index in [2.05, 4.69) is 77.2 Å². The number of rotatable bonds is 5. The summed E-state index contributed by atoms with van der Waals surface area (Å²) in [7, 11) is 0. The van der Waals surface area contributed by atoms with E-state index in [0.29, 0.717) is 6.04 Å². The van der Waals surface area contributed by atoms with Crippen LogP contribution in [0.4, 0.5) is 0 Å². The highest BCUT2D eigenvalue weighted by molar-refractivity contribution is 7.10. The largest absolute Gasteiger partial charge is 0.299 e. The molecule has 0 aliphatic carbocycles. The second-order valence-corrected chi connectivity index (χ2v) is 6.01. The maximum absolute atomic E-state index is 4.12. The highest BCUT2D eigenvalue weighted by Crippen LogP contribution is 2.27. The Balaban J connectivity index is 1.90. The fraction of sp³-hybridized carbons (Fsp3) is 0.167. The van der Waals surface area contributed by atoms with Gasteiger partial charge in [0.1, 0.15) is 0 Å². The maximum atomic E-state index is 4.12. The highest BCUT2D eigenvalue weighted by atomic mass is 32.1. The number of aromatic nitrogens is 1.